The first-order chi connectivity index (χ1) is 11.1. The van der Waals surface area contributed by atoms with Crippen LogP contribution < -0.4 is 0 Å². The molecule has 132 valence electrons. The highest BCUT2D eigenvalue weighted by atomic mass is 35.5. The minimum absolute atomic E-state index is 0.0198. The zero-order valence-corrected chi connectivity index (χ0v) is 13.7. The van der Waals surface area contributed by atoms with E-state index in [-0.39, 0.29) is 23.2 Å². The van der Waals surface area contributed by atoms with Gasteiger partial charge in [-0.3, -0.25) is 4.79 Å². The lowest BCUT2D eigenvalue weighted by atomic mass is 9.88. The molecule has 4 nitrogen and oxygen atoms in total. The third-order valence-corrected chi connectivity index (χ3v) is 5.16. The molecule has 1 amide bonds. The van der Waals surface area contributed by atoms with E-state index >= 15 is 0 Å². The molecule has 2 aliphatic rings. The Balaban J connectivity index is 2.11. The Hall–Kier alpha value is -1.31. The van der Waals surface area contributed by atoms with Crippen LogP contribution in [0, 0.1) is 5.92 Å². The van der Waals surface area contributed by atoms with Crippen LogP contribution in [0.1, 0.15) is 41.3 Å². The number of rotatable bonds is 4. The van der Waals surface area contributed by atoms with Gasteiger partial charge in [-0.15, -0.1) is 0 Å². The SMILES string of the molecule is CC(C1CC1)N1Cc2cc(Cl)cc(C(O)(CO)C(F)(F)F)c2C1=O. The molecular formula is C16H17ClF3NO3. The summed E-state index contributed by atoms with van der Waals surface area (Å²) in [5, 5.41) is 19.3. The highest BCUT2D eigenvalue weighted by Crippen LogP contribution is 2.45. The van der Waals surface area contributed by atoms with Crippen LogP contribution in [0.2, 0.25) is 5.02 Å². The summed E-state index contributed by atoms with van der Waals surface area (Å²) in [5.74, 6) is -0.214. The molecular weight excluding hydrogens is 347 g/mol. The van der Waals surface area contributed by atoms with E-state index in [9.17, 15) is 28.2 Å². The average Bonchev–Trinajstić information content (AvgIpc) is 3.29. The van der Waals surface area contributed by atoms with E-state index in [1.54, 1.807) is 0 Å². The van der Waals surface area contributed by atoms with Gasteiger partial charge in [0.1, 0.15) is 0 Å². The Morgan fingerprint density at radius 3 is 2.50 bits per heavy atom. The van der Waals surface area contributed by atoms with Gasteiger partial charge in [-0.2, -0.15) is 13.2 Å². The maximum absolute atomic E-state index is 13.3. The second-order valence-electron chi connectivity index (χ2n) is 6.51. The first-order valence-electron chi connectivity index (χ1n) is 7.64. The second kappa shape index (κ2) is 5.61. The highest BCUT2D eigenvalue weighted by molar-refractivity contribution is 6.31. The maximum Gasteiger partial charge on any atom is 0.423 e. The molecule has 1 fully saturated rings. The fourth-order valence-electron chi connectivity index (χ4n) is 3.26. The Bertz CT molecular complexity index is 690. The fraction of sp³-hybridized carbons (Fsp3) is 0.562. The van der Waals surface area contributed by atoms with Crippen molar-refractivity contribution in [1.29, 1.82) is 0 Å². The number of aliphatic hydroxyl groups excluding tert-OH is 1. The van der Waals surface area contributed by atoms with E-state index in [1.165, 1.54) is 11.0 Å². The predicted octanol–water partition coefficient (Wildman–Crippen LogP) is 2.84. The highest BCUT2D eigenvalue weighted by Gasteiger charge is 2.57. The fourth-order valence-corrected chi connectivity index (χ4v) is 3.50. The summed E-state index contributed by atoms with van der Waals surface area (Å²) in [6.45, 7) is 0.429. The zero-order chi connectivity index (χ0) is 17.9. The van der Waals surface area contributed by atoms with Gasteiger partial charge in [0.25, 0.3) is 5.91 Å². The van der Waals surface area contributed by atoms with Crippen LogP contribution in [0.3, 0.4) is 0 Å². The number of hydrogen-bond acceptors (Lipinski definition) is 3. The minimum atomic E-state index is -5.14. The molecule has 2 unspecified atom stereocenters. The predicted molar refractivity (Wildman–Crippen MR) is 80.5 cm³/mol. The van der Waals surface area contributed by atoms with Gasteiger partial charge < -0.3 is 15.1 Å². The average molecular weight is 364 g/mol. The summed E-state index contributed by atoms with van der Waals surface area (Å²) < 4.78 is 40.0. The largest absolute Gasteiger partial charge is 0.423 e. The quantitative estimate of drug-likeness (QED) is 0.864. The maximum atomic E-state index is 13.3. The molecule has 24 heavy (non-hydrogen) atoms. The van der Waals surface area contributed by atoms with Gasteiger partial charge in [0.15, 0.2) is 0 Å². The van der Waals surface area contributed by atoms with Crippen molar-refractivity contribution in [1.82, 2.24) is 4.90 Å². The Morgan fingerprint density at radius 1 is 1.38 bits per heavy atom. The van der Waals surface area contributed by atoms with Crippen molar-refractivity contribution in [3.63, 3.8) is 0 Å². The summed E-state index contributed by atoms with van der Waals surface area (Å²) in [4.78, 5) is 14.2. The van der Waals surface area contributed by atoms with Crippen molar-refractivity contribution in [2.75, 3.05) is 6.61 Å². The number of aliphatic hydroxyl groups is 2. The number of hydrogen-bond donors (Lipinski definition) is 2. The number of halogens is 4. The van der Waals surface area contributed by atoms with Crippen molar-refractivity contribution < 1.29 is 28.2 Å². The summed E-state index contributed by atoms with van der Waals surface area (Å²) in [7, 11) is 0. The van der Waals surface area contributed by atoms with Gasteiger partial charge in [-0.25, -0.2) is 0 Å². The number of alkyl halides is 3. The normalized spacial score (nSPS) is 21.6. The van der Waals surface area contributed by atoms with Crippen LogP contribution in [-0.2, 0) is 12.1 Å². The van der Waals surface area contributed by atoms with Gasteiger partial charge >= 0.3 is 6.18 Å². The molecule has 8 heteroatoms. The molecule has 2 atom stereocenters. The molecule has 1 aromatic carbocycles. The summed E-state index contributed by atoms with van der Waals surface area (Å²) in [6.07, 6.45) is -3.17. The number of amides is 1. The number of carbonyl (C=O) groups excluding carboxylic acids is 1. The standard InChI is InChI=1S/C16H17ClF3NO3/c1-8(9-2-3-9)21-6-10-4-11(17)5-12(13(10)14(21)23)15(24,7-22)16(18,19)20/h4-5,8-9,22,24H,2-3,6-7H2,1H3. The molecule has 1 aliphatic heterocycles. The second-order valence-corrected chi connectivity index (χ2v) is 6.95. The first-order valence-corrected chi connectivity index (χ1v) is 8.01. The van der Waals surface area contributed by atoms with E-state index in [4.69, 9.17) is 11.6 Å². The molecule has 0 bridgehead atoms. The molecule has 0 saturated heterocycles. The summed E-state index contributed by atoms with van der Waals surface area (Å²) in [5.41, 5.74) is -4.08. The molecule has 0 radical (unpaired) electrons. The zero-order valence-electron chi connectivity index (χ0n) is 12.9. The van der Waals surface area contributed by atoms with Crippen molar-refractivity contribution in [3.05, 3.63) is 33.8 Å². The lowest BCUT2D eigenvalue weighted by Gasteiger charge is -2.30. The van der Waals surface area contributed by atoms with E-state index in [1.807, 2.05) is 6.92 Å². The molecule has 0 spiro atoms. The van der Waals surface area contributed by atoms with Crippen molar-refractivity contribution in [3.8, 4) is 0 Å². The monoisotopic (exact) mass is 363 g/mol. The third kappa shape index (κ3) is 2.59. The lowest BCUT2D eigenvalue weighted by Crippen LogP contribution is -2.47. The van der Waals surface area contributed by atoms with Crippen LogP contribution >= 0.6 is 11.6 Å². The number of fused-ring (bicyclic) bond motifs is 1. The van der Waals surface area contributed by atoms with Crippen LogP contribution in [0.15, 0.2) is 12.1 Å². The molecule has 2 N–H and O–H groups in total. The van der Waals surface area contributed by atoms with Crippen LogP contribution in [0.4, 0.5) is 13.2 Å². The van der Waals surface area contributed by atoms with Gasteiger partial charge in [0, 0.05) is 23.2 Å². The molecule has 1 aliphatic carbocycles. The van der Waals surface area contributed by atoms with Gasteiger partial charge in [-0.1, -0.05) is 11.6 Å². The third-order valence-electron chi connectivity index (χ3n) is 4.94. The number of nitrogens with zero attached hydrogens (tertiary/aromatic N) is 1. The van der Waals surface area contributed by atoms with E-state index in [0.717, 1.165) is 18.9 Å². The molecule has 1 saturated carbocycles. The van der Waals surface area contributed by atoms with E-state index in [2.05, 4.69) is 0 Å². The molecule has 0 aromatic heterocycles. The number of benzene rings is 1. The molecule has 1 aromatic rings. The first kappa shape index (κ1) is 17.5. The van der Waals surface area contributed by atoms with Gasteiger partial charge in [0.05, 0.1) is 12.2 Å². The minimum Gasteiger partial charge on any atom is -0.393 e. The summed E-state index contributed by atoms with van der Waals surface area (Å²) >= 11 is 5.90. The van der Waals surface area contributed by atoms with Crippen molar-refractivity contribution >= 4 is 17.5 Å². The van der Waals surface area contributed by atoms with Gasteiger partial charge in [0.2, 0.25) is 5.60 Å². The van der Waals surface area contributed by atoms with Crippen LogP contribution in [0.25, 0.3) is 0 Å². The number of carbonyl (C=O) groups is 1. The summed E-state index contributed by atoms with van der Waals surface area (Å²) in [6, 6.07) is 2.25. The molecule has 3 rings (SSSR count). The van der Waals surface area contributed by atoms with Crippen molar-refractivity contribution in [2.45, 2.75) is 44.1 Å². The van der Waals surface area contributed by atoms with Crippen LogP contribution in [-0.4, -0.2) is 39.8 Å². The topological polar surface area (TPSA) is 60.8 Å². The lowest BCUT2D eigenvalue weighted by molar-refractivity contribution is -0.277. The van der Waals surface area contributed by atoms with Gasteiger partial charge in [-0.05, 0) is 43.4 Å². The Kier molecular flexibility index (Phi) is 4.09. The smallest absolute Gasteiger partial charge is 0.393 e. The Labute approximate surface area is 141 Å². The Morgan fingerprint density at radius 2 is 2.00 bits per heavy atom. The van der Waals surface area contributed by atoms with E-state index < -0.39 is 29.9 Å². The molecule has 1 heterocycles. The van der Waals surface area contributed by atoms with Crippen LogP contribution in [0.5, 0.6) is 0 Å². The van der Waals surface area contributed by atoms with E-state index in [0.29, 0.717) is 11.5 Å². The van der Waals surface area contributed by atoms with Crippen molar-refractivity contribution in [2.24, 2.45) is 5.92 Å².